The van der Waals surface area contributed by atoms with Crippen LogP contribution in [0.2, 0.25) is 0 Å². The number of hydrogen-bond acceptors (Lipinski definition) is 5. The minimum absolute atomic E-state index is 0.247. The number of carbonyl (C=O) groups excluding carboxylic acids is 3. The predicted octanol–water partition coefficient (Wildman–Crippen LogP) is 1.25. The van der Waals surface area contributed by atoms with E-state index in [4.69, 9.17) is 9.47 Å². The molecule has 0 aliphatic heterocycles. The molecule has 1 amide bonds. The van der Waals surface area contributed by atoms with Crippen molar-refractivity contribution in [3.8, 4) is 11.5 Å². The molecule has 0 aliphatic rings. The van der Waals surface area contributed by atoms with Crippen LogP contribution in [0, 0.1) is 0 Å². The van der Waals surface area contributed by atoms with Gasteiger partial charge in [-0.25, -0.2) is 0 Å². The second-order valence-electron chi connectivity index (χ2n) is 3.54. The molecule has 0 unspecified atom stereocenters. The van der Waals surface area contributed by atoms with Crippen molar-refractivity contribution in [3.63, 3.8) is 0 Å². The molecule has 0 bridgehead atoms. The fourth-order valence-electron chi connectivity index (χ4n) is 1.32. The summed E-state index contributed by atoms with van der Waals surface area (Å²) in [5.41, 5.74) is 0.601. The third kappa shape index (κ3) is 5.49. The summed E-state index contributed by atoms with van der Waals surface area (Å²) >= 11 is 0. The normalized spacial score (nSPS) is 10.0. The Hall–Kier alpha value is -2.63. The van der Waals surface area contributed by atoms with Crippen molar-refractivity contribution in [3.05, 3.63) is 30.0 Å². The molecule has 1 aromatic carbocycles. The number of ether oxygens (including phenoxy) is 2. The molecule has 0 spiro atoms. The van der Waals surface area contributed by atoms with Gasteiger partial charge in [0.2, 0.25) is 6.41 Å². The average molecular weight is 263 g/mol. The van der Waals surface area contributed by atoms with Crippen molar-refractivity contribution in [1.82, 2.24) is 5.32 Å². The van der Waals surface area contributed by atoms with E-state index < -0.39 is 11.9 Å². The quantitative estimate of drug-likeness (QED) is 0.491. The molecular formula is C13H13NO5. The van der Waals surface area contributed by atoms with Crippen LogP contribution in [-0.4, -0.2) is 18.3 Å². The third-order valence-corrected chi connectivity index (χ3v) is 1.87. The zero-order chi connectivity index (χ0) is 14.3. The van der Waals surface area contributed by atoms with Gasteiger partial charge >= 0.3 is 11.9 Å². The van der Waals surface area contributed by atoms with Crippen LogP contribution < -0.4 is 14.8 Å². The first-order chi connectivity index (χ1) is 9.01. The van der Waals surface area contributed by atoms with Crippen molar-refractivity contribution >= 4 is 24.4 Å². The first-order valence-electron chi connectivity index (χ1n) is 5.39. The van der Waals surface area contributed by atoms with Crippen LogP contribution in [-0.2, 0) is 14.4 Å². The summed E-state index contributed by atoms with van der Waals surface area (Å²) in [5, 5.41) is 2.34. The molecule has 19 heavy (non-hydrogen) atoms. The minimum atomic E-state index is -0.485. The molecule has 0 heterocycles. The zero-order valence-corrected chi connectivity index (χ0v) is 10.5. The van der Waals surface area contributed by atoms with Crippen molar-refractivity contribution in [2.75, 3.05) is 0 Å². The molecule has 0 saturated carbocycles. The summed E-state index contributed by atoms with van der Waals surface area (Å²) in [4.78, 5) is 31.9. The molecule has 0 radical (unpaired) electrons. The molecule has 100 valence electrons. The Morgan fingerprint density at radius 1 is 1.05 bits per heavy atom. The van der Waals surface area contributed by atoms with Crippen LogP contribution >= 0.6 is 0 Å². The van der Waals surface area contributed by atoms with E-state index in [9.17, 15) is 14.4 Å². The van der Waals surface area contributed by atoms with Gasteiger partial charge in [-0.15, -0.1) is 0 Å². The number of carbonyl (C=O) groups is 3. The second kappa shape index (κ2) is 6.95. The number of esters is 2. The van der Waals surface area contributed by atoms with Gasteiger partial charge in [0.05, 0.1) is 0 Å². The number of hydrogen-bond donors (Lipinski definition) is 1. The average Bonchev–Trinajstić information content (AvgIpc) is 2.27. The smallest absolute Gasteiger partial charge is 0.308 e. The summed E-state index contributed by atoms with van der Waals surface area (Å²) in [5.74, 6) is -0.476. The zero-order valence-electron chi connectivity index (χ0n) is 10.5. The second-order valence-corrected chi connectivity index (χ2v) is 3.54. The van der Waals surface area contributed by atoms with Crippen LogP contribution in [0.1, 0.15) is 19.4 Å². The largest absolute Gasteiger partial charge is 0.427 e. The highest BCUT2D eigenvalue weighted by molar-refractivity contribution is 5.72. The van der Waals surface area contributed by atoms with E-state index in [1.54, 1.807) is 18.2 Å². The minimum Gasteiger partial charge on any atom is -0.427 e. The third-order valence-electron chi connectivity index (χ3n) is 1.87. The topological polar surface area (TPSA) is 81.7 Å². The molecular weight excluding hydrogens is 250 g/mol. The molecule has 6 heteroatoms. The molecule has 0 saturated heterocycles. The van der Waals surface area contributed by atoms with Crippen molar-refractivity contribution in [2.45, 2.75) is 13.8 Å². The Balaban J connectivity index is 3.03. The molecule has 1 aromatic rings. The summed E-state index contributed by atoms with van der Waals surface area (Å²) in [6, 6.07) is 4.56. The maximum Gasteiger partial charge on any atom is 0.308 e. The van der Waals surface area contributed by atoms with Gasteiger partial charge in [0.15, 0.2) is 0 Å². The van der Waals surface area contributed by atoms with Crippen LogP contribution in [0.4, 0.5) is 0 Å². The van der Waals surface area contributed by atoms with Crippen molar-refractivity contribution < 1.29 is 23.9 Å². The van der Waals surface area contributed by atoms with E-state index in [0.717, 1.165) is 0 Å². The summed E-state index contributed by atoms with van der Waals surface area (Å²) < 4.78 is 9.86. The summed E-state index contributed by atoms with van der Waals surface area (Å²) in [7, 11) is 0. The van der Waals surface area contributed by atoms with Gasteiger partial charge in [0, 0.05) is 26.1 Å². The maximum absolute atomic E-state index is 10.9. The van der Waals surface area contributed by atoms with Crippen LogP contribution in [0.25, 0.3) is 6.08 Å². The first-order valence-corrected chi connectivity index (χ1v) is 5.39. The fourth-order valence-corrected chi connectivity index (χ4v) is 1.32. The summed E-state index contributed by atoms with van der Waals surface area (Å²) in [6.45, 7) is 2.53. The highest BCUT2D eigenvalue weighted by Crippen LogP contribution is 2.24. The van der Waals surface area contributed by atoms with E-state index in [1.165, 1.54) is 26.1 Å². The van der Waals surface area contributed by atoms with Crippen molar-refractivity contribution in [2.24, 2.45) is 0 Å². The fraction of sp³-hybridized carbons (Fsp3) is 0.154. The maximum atomic E-state index is 10.9. The van der Waals surface area contributed by atoms with Crippen LogP contribution in [0.5, 0.6) is 11.5 Å². The Morgan fingerprint density at radius 2 is 1.58 bits per heavy atom. The Kier molecular flexibility index (Phi) is 5.28. The van der Waals surface area contributed by atoms with Crippen LogP contribution in [0.15, 0.2) is 24.4 Å². The van der Waals surface area contributed by atoms with Gasteiger partial charge in [0.1, 0.15) is 11.5 Å². The Labute approximate surface area is 110 Å². The van der Waals surface area contributed by atoms with Gasteiger partial charge in [-0.3, -0.25) is 14.4 Å². The van der Waals surface area contributed by atoms with E-state index in [-0.39, 0.29) is 11.5 Å². The van der Waals surface area contributed by atoms with Gasteiger partial charge in [0.25, 0.3) is 0 Å². The lowest BCUT2D eigenvalue weighted by molar-refractivity contribution is -0.132. The first kappa shape index (κ1) is 14.4. The van der Waals surface area contributed by atoms with E-state index in [1.807, 2.05) is 0 Å². The summed E-state index contributed by atoms with van der Waals surface area (Å²) in [6.07, 6.45) is 3.48. The Morgan fingerprint density at radius 3 is 2.00 bits per heavy atom. The van der Waals surface area contributed by atoms with E-state index in [2.05, 4.69) is 5.32 Å². The molecule has 1 N–H and O–H groups in total. The number of amides is 1. The highest BCUT2D eigenvalue weighted by Gasteiger charge is 2.05. The van der Waals surface area contributed by atoms with E-state index >= 15 is 0 Å². The molecule has 1 rings (SSSR count). The SMILES string of the molecule is CC(=O)Oc1cc(C=CNC=O)cc(OC(C)=O)c1. The molecule has 0 atom stereocenters. The predicted molar refractivity (Wildman–Crippen MR) is 67.3 cm³/mol. The lowest BCUT2D eigenvalue weighted by Crippen LogP contribution is -2.04. The monoisotopic (exact) mass is 263 g/mol. The number of nitrogens with one attached hydrogen (secondary N) is 1. The van der Waals surface area contributed by atoms with Gasteiger partial charge in [-0.2, -0.15) is 0 Å². The lowest BCUT2D eigenvalue weighted by Gasteiger charge is -2.07. The van der Waals surface area contributed by atoms with Crippen LogP contribution in [0.3, 0.4) is 0 Å². The number of benzene rings is 1. The molecule has 0 fully saturated rings. The number of rotatable bonds is 5. The molecule has 0 aromatic heterocycles. The van der Waals surface area contributed by atoms with Gasteiger partial charge in [-0.05, 0) is 23.8 Å². The molecule has 0 aliphatic carbocycles. The van der Waals surface area contributed by atoms with Crippen molar-refractivity contribution in [1.29, 1.82) is 0 Å². The van der Waals surface area contributed by atoms with E-state index in [0.29, 0.717) is 12.0 Å². The Bertz CT molecular complexity index is 488. The highest BCUT2D eigenvalue weighted by atomic mass is 16.5. The van der Waals surface area contributed by atoms with Gasteiger partial charge in [-0.1, -0.05) is 0 Å². The molecule has 6 nitrogen and oxygen atoms in total. The lowest BCUT2D eigenvalue weighted by atomic mass is 10.2. The van der Waals surface area contributed by atoms with Gasteiger partial charge < -0.3 is 14.8 Å². The standard InChI is InChI=1S/C13H13NO5/c1-9(16)18-12-5-11(3-4-14-8-15)6-13(7-12)19-10(2)17/h3-8H,1-2H3,(H,14,15).